The molecule has 1 fully saturated rings. The van der Waals surface area contributed by atoms with Crippen molar-refractivity contribution >= 4 is 34.2 Å². The number of aromatic nitrogens is 2. The van der Waals surface area contributed by atoms with Crippen LogP contribution < -0.4 is 4.90 Å². The Labute approximate surface area is 182 Å². The van der Waals surface area contributed by atoms with Crippen LogP contribution in [0.3, 0.4) is 0 Å². The van der Waals surface area contributed by atoms with Crippen molar-refractivity contribution in [2.45, 2.75) is 18.9 Å². The van der Waals surface area contributed by atoms with Crippen LogP contribution in [-0.4, -0.2) is 22.0 Å². The first-order chi connectivity index (χ1) is 15.0. The molecule has 4 aromatic rings. The Morgan fingerprint density at radius 2 is 1.71 bits per heavy atom. The molecule has 7 heteroatoms. The second-order valence-electron chi connectivity index (χ2n) is 7.60. The molecule has 1 aliphatic rings. The summed E-state index contributed by atoms with van der Waals surface area (Å²) in [6.07, 6.45) is 0.197. The first-order valence-electron chi connectivity index (χ1n) is 9.96. The summed E-state index contributed by atoms with van der Waals surface area (Å²) in [6.45, 7) is 0.486. The number of hydrogen-bond donors (Lipinski definition) is 0. The molecule has 0 aliphatic carbocycles. The molecule has 31 heavy (non-hydrogen) atoms. The Kier molecular flexibility index (Phi) is 4.94. The third-order valence-corrected chi connectivity index (χ3v) is 6.05. The van der Waals surface area contributed by atoms with E-state index in [1.54, 1.807) is 30.3 Å². The Balaban J connectivity index is 1.57. The van der Waals surface area contributed by atoms with Crippen LogP contribution in [0.5, 0.6) is 0 Å². The zero-order valence-corrected chi connectivity index (χ0v) is 17.2. The van der Waals surface area contributed by atoms with Gasteiger partial charge in [0.25, 0.3) is 0 Å². The molecule has 0 N–H and O–H groups in total. The minimum absolute atomic E-state index is 0.169. The fourth-order valence-electron chi connectivity index (χ4n) is 4.20. The molecule has 1 aromatic heterocycles. The molecular formula is C24H18ClF2N3O. The zero-order valence-electron chi connectivity index (χ0n) is 16.4. The lowest BCUT2D eigenvalue weighted by atomic mass is 10.1. The van der Waals surface area contributed by atoms with Gasteiger partial charge in [-0.3, -0.25) is 4.79 Å². The summed E-state index contributed by atoms with van der Waals surface area (Å²) in [5.41, 5.74) is 2.20. The van der Waals surface area contributed by atoms with Gasteiger partial charge in [-0.05, 0) is 36.4 Å². The summed E-state index contributed by atoms with van der Waals surface area (Å²) >= 11 is 6.28. The minimum atomic E-state index is -0.442. The highest BCUT2D eigenvalue weighted by Gasteiger charge is 2.36. The van der Waals surface area contributed by atoms with E-state index >= 15 is 0 Å². The van der Waals surface area contributed by atoms with Crippen LogP contribution in [0.4, 0.5) is 14.5 Å². The lowest BCUT2D eigenvalue weighted by Crippen LogP contribution is -2.25. The van der Waals surface area contributed by atoms with E-state index in [-0.39, 0.29) is 30.5 Å². The van der Waals surface area contributed by atoms with Gasteiger partial charge in [-0.15, -0.1) is 0 Å². The van der Waals surface area contributed by atoms with Crippen LogP contribution >= 0.6 is 11.6 Å². The Morgan fingerprint density at radius 1 is 0.968 bits per heavy atom. The van der Waals surface area contributed by atoms with Crippen molar-refractivity contribution in [3.8, 4) is 0 Å². The van der Waals surface area contributed by atoms with Gasteiger partial charge in [0.05, 0.1) is 23.3 Å². The molecule has 0 spiro atoms. The molecule has 2 heterocycles. The largest absolute Gasteiger partial charge is 0.323 e. The van der Waals surface area contributed by atoms with Crippen LogP contribution in [0.2, 0.25) is 5.02 Å². The van der Waals surface area contributed by atoms with Crippen molar-refractivity contribution in [1.29, 1.82) is 0 Å². The predicted octanol–water partition coefficient (Wildman–Crippen LogP) is 5.54. The van der Waals surface area contributed by atoms with Crippen LogP contribution in [0.15, 0.2) is 66.7 Å². The number of anilines is 1. The molecule has 156 valence electrons. The predicted molar refractivity (Wildman–Crippen MR) is 116 cm³/mol. The lowest BCUT2D eigenvalue weighted by molar-refractivity contribution is -0.117. The Hall–Kier alpha value is -3.25. The molecule has 5 rings (SSSR count). The van der Waals surface area contributed by atoms with Gasteiger partial charge in [-0.25, -0.2) is 13.8 Å². The van der Waals surface area contributed by atoms with Crippen LogP contribution in [0.25, 0.3) is 11.0 Å². The normalized spacial score (nSPS) is 16.4. The molecule has 0 radical (unpaired) electrons. The number of halogens is 3. The molecule has 1 amide bonds. The number of hydrogen-bond acceptors (Lipinski definition) is 2. The highest BCUT2D eigenvalue weighted by atomic mass is 35.5. The van der Waals surface area contributed by atoms with Gasteiger partial charge in [0.1, 0.15) is 17.5 Å². The summed E-state index contributed by atoms with van der Waals surface area (Å²) < 4.78 is 30.7. The number of amides is 1. The molecule has 1 aliphatic heterocycles. The monoisotopic (exact) mass is 437 g/mol. The second kappa shape index (κ2) is 7.78. The highest BCUT2D eigenvalue weighted by molar-refractivity contribution is 6.31. The van der Waals surface area contributed by atoms with Crippen molar-refractivity contribution in [2.75, 3.05) is 11.4 Å². The molecule has 4 nitrogen and oxygen atoms in total. The van der Waals surface area contributed by atoms with E-state index in [0.29, 0.717) is 23.0 Å². The number of imidazole rings is 1. The van der Waals surface area contributed by atoms with E-state index in [9.17, 15) is 13.6 Å². The van der Waals surface area contributed by atoms with E-state index in [1.807, 2.05) is 28.8 Å². The average Bonchev–Trinajstić information content (AvgIpc) is 3.32. The fraction of sp³-hybridized carbons (Fsp3) is 0.167. The van der Waals surface area contributed by atoms with Gasteiger partial charge in [-0.2, -0.15) is 0 Å². The average molecular weight is 438 g/mol. The molecule has 0 saturated carbocycles. The number of carbonyl (C=O) groups is 1. The quantitative estimate of drug-likeness (QED) is 0.420. The maximum atomic E-state index is 14.5. The SMILES string of the molecule is O=C1CC(c2nc3ccccc3n2Cc2c(F)cccc2Cl)CN1c1ccccc1F. The fourth-order valence-corrected chi connectivity index (χ4v) is 4.42. The van der Waals surface area contributed by atoms with Crippen molar-refractivity contribution in [2.24, 2.45) is 0 Å². The zero-order chi connectivity index (χ0) is 21.5. The van der Waals surface area contributed by atoms with Crippen LogP contribution in [0, 0.1) is 11.6 Å². The van der Waals surface area contributed by atoms with Crippen molar-refractivity contribution in [3.05, 3.63) is 94.8 Å². The number of carbonyl (C=O) groups excluding carboxylic acids is 1. The summed E-state index contributed by atoms with van der Waals surface area (Å²) in [5, 5.41) is 0.333. The number of nitrogens with zero attached hydrogens (tertiary/aromatic N) is 3. The van der Waals surface area contributed by atoms with Crippen molar-refractivity contribution in [1.82, 2.24) is 9.55 Å². The number of benzene rings is 3. The first kappa shape index (κ1) is 19.7. The van der Waals surface area contributed by atoms with E-state index in [1.165, 1.54) is 17.0 Å². The van der Waals surface area contributed by atoms with Crippen molar-refractivity contribution < 1.29 is 13.6 Å². The highest BCUT2D eigenvalue weighted by Crippen LogP contribution is 2.35. The molecule has 1 saturated heterocycles. The maximum Gasteiger partial charge on any atom is 0.227 e. The van der Waals surface area contributed by atoms with E-state index < -0.39 is 11.6 Å². The van der Waals surface area contributed by atoms with Crippen LogP contribution in [-0.2, 0) is 11.3 Å². The third-order valence-electron chi connectivity index (χ3n) is 5.70. The molecule has 1 unspecified atom stereocenters. The van der Waals surface area contributed by atoms with Crippen LogP contribution in [0.1, 0.15) is 23.7 Å². The van der Waals surface area contributed by atoms with Gasteiger partial charge in [0.2, 0.25) is 5.91 Å². The summed E-state index contributed by atoms with van der Waals surface area (Å²) in [6, 6.07) is 18.4. The van der Waals surface area contributed by atoms with Gasteiger partial charge < -0.3 is 9.47 Å². The van der Waals surface area contributed by atoms with Gasteiger partial charge >= 0.3 is 0 Å². The van der Waals surface area contributed by atoms with Gasteiger partial charge in [0, 0.05) is 29.5 Å². The standard InChI is InChI=1S/C24H18ClF2N3O/c25-17-6-5-8-18(26)16(17)14-30-22-11-4-2-9-20(22)28-24(30)15-12-23(31)29(13-15)21-10-3-1-7-19(21)27/h1-11,15H,12-14H2. The molecule has 3 aromatic carbocycles. The second-order valence-corrected chi connectivity index (χ2v) is 8.01. The summed E-state index contributed by atoms with van der Waals surface area (Å²) in [5.74, 6) is -0.606. The van der Waals surface area contributed by atoms with E-state index in [0.717, 1.165) is 11.0 Å². The Morgan fingerprint density at radius 3 is 2.52 bits per heavy atom. The Bertz CT molecular complexity index is 1280. The number of rotatable bonds is 4. The van der Waals surface area contributed by atoms with E-state index in [2.05, 4.69) is 0 Å². The number of fused-ring (bicyclic) bond motifs is 1. The molecular weight excluding hydrogens is 420 g/mol. The first-order valence-corrected chi connectivity index (χ1v) is 10.3. The van der Waals surface area contributed by atoms with Gasteiger partial charge in [-0.1, -0.05) is 41.9 Å². The summed E-state index contributed by atoms with van der Waals surface area (Å²) in [4.78, 5) is 19.0. The minimum Gasteiger partial charge on any atom is -0.323 e. The van der Waals surface area contributed by atoms with Crippen molar-refractivity contribution in [3.63, 3.8) is 0 Å². The molecule has 1 atom stereocenters. The van der Waals surface area contributed by atoms with E-state index in [4.69, 9.17) is 16.6 Å². The maximum absolute atomic E-state index is 14.5. The smallest absolute Gasteiger partial charge is 0.227 e. The summed E-state index contributed by atoms with van der Waals surface area (Å²) in [7, 11) is 0. The number of para-hydroxylation sites is 3. The topological polar surface area (TPSA) is 38.1 Å². The lowest BCUT2D eigenvalue weighted by Gasteiger charge is -2.18. The van der Waals surface area contributed by atoms with Gasteiger partial charge in [0.15, 0.2) is 0 Å². The molecule has 0 bridgehead atoms. The third kappa shape index (κ3) is 3.47.